The third-order valence-corrected chi connectivity index (χ3v) is 2.57. The maximum Gasteiger partial charge on any atom is 0.382 e. The molecule has 0 aliphatic carbocycles. The van der Waals surface area contributed by atoms with Gasteiger partial charge in [0.2, 0.25) is 5.75 Å². The van der Waals surface area contributed by atoms with E-state index in [-0.39, 0.29) is 17.7 Å². The molecule has 0 aliphatic rings. The number of benzene rings is 1. The molecule has 0 atom stereocenters. The summed E-state index contributed by atoms with van der Waals surface area (Å²) in [4.78, 5) is 20.9. The normalized spacial score (nSPS) is 10.3. The molecule has 0 saturated heterocycles. The summed E-state index contributed by atoms with van der Waals surface area (Å²) < 4.78 is 4.53. The molecule has 2 aromatic rings. The molecule has 2 rings (SSSR count). The fraction of sp³-hybridized carbons (Fsp3) is 0.0833. The molecule has 0 saturated carbocycles. The summed E-state index contributed by atoms with van der Waals surface area (Å²) in [6, 6.07) is 5.68. The molecule has 0 spiro atoms. The predicted octanol–water partition coefficient (Wildman–Crippen LogP) is 1.55. The van der Waals surface area contributed by atoms with Gasteiger partial charge in [0.25, 0.3) is 5.69 Å². The summed E-state index contributed by atoms with van der Waals surface area (Å²) in [7, 11) is 0. The van der Waals surface area contributed by atoms with E-state index >= 15 is 0 Å². The average molecular weight is 263 g/mol. The topological polar surface area (TPSA) is 114 Å². The van der Waals surface area contributed by atoms with Crippen LogP contribution in [0.15, 0.2) is 39.7 Å². The maximum atomic E-state index is 10.9. The maximum absolute atomic E-state index is 10.9. The van der Waals surface area contributed by atoms with Crippen molar-refractivity contribution in [1.29, 1.82) is 0 Å². The van der Waals surface area contributed by atoms with Gasteiger partial charge in [0.1, 0.15) is 6.26 Å². The first kappa shape index (κ1) is 12.6. The van der Waals surface area contributed by atoms with E-state index in [1.807, 2.05) is 0 Å². The molecule has 0 unspecified atom stereocenters. The number of rotatable bonds is 3. The van der Waals surface area contributed by atoms with Gasteiger partial charge < -0.3 is 14.6 Å². The third-order valence-electron chi connectivity index (χ3n) is 2.57. The molecule has 2 N–H and O–H groups in total. The molecule has 0 bridgehead atoms. The number of nitro benzene ring substituents is 1. The molecule has 98 valence electrons. The molecule has 0 aliphatic heterocycles. The van der Waals surface area contributed by atoms with Crippen LogP contribution in [0.5, 0.6) is 11.5 Å². The van der Waals surface area contributed by atoms with Crippen molar-refractivity contribution in [3.8, 4) is 11.5 Å². The number of nitrogens with zero attached hydrogens (tertiary/aromatic N) is 1. The Kier molecular flexibility index (Phi) is 3.19. The van der Waals surface area contributed by atoms with Crippen molar-refractivity contribution in [2.75, 3.05) is 0 Å². The Balaban J connectivity index is 2.29. The van der Waals surface area contributed by atoms with Crippen LogP contribution in [0, 0.1) is 10.1 Å². The first-order valence-corrected chi connectivity index (χ1v) is 5.25. The van der Waals surface area contributed by atoms with Crippen LogP contribution < -0.4 is 5.63 Å². The molecule has 1 heterocycles. The van der Waals surface area contributed by atoms with Crippen molar-refractivity contribution in [3.63, 3.8) is 0 Å². The van der Waals surface area contributed by atoms with E-state index in [0.717, 1.165) is 6.26 Å². The van der Waals surface area contributed by atoms with Gasteiger partial charge in [-0.1, -0.05) is 12.1 Å². The number of non-ortho nitro benzene ring substituents is 1. The van der Waals surface area contributed by atoms with Gasteiger partial charge >= 0.3 is 5.63 Å². The first-order valence-electron chi connectivity index (χ1n) is 5.25. The number of hydrogen-bond donors (Lipinski definition) is 2. The molecule has 1 aromatic carbocycles. The lowest BCUT2D eigenvalue weighted by atomic mass is 10.1. The lowest BCUT2D eigenvalue weighted by Crippen LogP contribution is -2.00. The van der Waals surface area contributed by atoms with Gasteiger partial charge in [0.15, 0.2) is 5.75 Å². The summed E-state index contributed by atoms with van der Waals surface area (Å²) >= 11 is 0. The summed E-state index contributed by atoms with van der Waals surface area (Å²) in [5.74, 6) is -1.39. The zero-order chi connectivity index (χ0) is 14.0. The van der Waals surface area contributed by atoms with E-state index in [1.165, 1.54) is 24.3 Å². The lowest BCUT2D eigenvalue weighted by Gasteiger charge is -2.04. The van der Waals surface area contributed by atoms with Crippen LogP contribution in [0.2, 0.25) is 0 Å². The SMILES string of the molecule is O=c1occ(Cc2ccc([N+](=O)[O-])cc2)c(O)c1O. The third kappa shape index (κ3) is 2.54. The van der Waals surface area contributed by atoms with Gasteiger partial charge in [-0.3, -0.25) is 10.1 Å². The largest absolute Gasteiger partial charge is 0.504 e. The highest BCUT2D eigenvalue weighted by Gasteiger charge is 2.13. The Morgan fingerprint density at radius 2 is 1.79 bits per heavy atom. The van der Waals surface area contributed by atoms with Gasteiger partial charge in [0, 0.05) is 24.1 Å². The van der Waals surface area contributed by atoms with Crippen molar-refractivity contribution in [1.82, 2.24) is 0 Å². The number of aromatic hydroxyl groups is 2. The Bertz CT molecular complexity index is 674. The minimum atomic E-state index is -1.02. The second-order valence-electron chi connectivity index (χ2n) is 3.85. The molecule has 0 radical (unpaired) electrons. The number of hydrogen-bond acceptors (Lipinski definition) is 6. The van der Waals surface area contributed by atoms with Crippen LogP contribution >= 0.6 is 0 Å². The second-order valence-corrected chi connectivity index (χ2v) is 3.85. The highest BCUT2D eigenvalue weighted by molar-refractivity contribution is 5.43. The molecule has 0 fully saturated rings. The van der Waals surface area contributed by atoms with Crippen LogP contribution in [0.1, 0.15) is 11.1 Å². The summed E-state index contributed by atoms with van der Waals surface area (Å²) in [5, 5.41) is 29.3. The van der Waals surface area contributed by atoms with Crippen molar-refractivity contribution in [2.45, 2.75) is 6.42 Å². The van der Waals surface area contributed by atoms with Crippen molar-refractivity contribution in [2.24, 2.45) is 0 Å². The lowest BCUT2D eigenvalue weighted by molar-refractivity contribution is -0.384. The minimum Gasteiger partial charge on any atom is -0.504 e. The van der Waals surface area contributed by atoms with Crippen molar-refractivity contribution >= 4 is 5.69 Å². The number of nitro groups is 1. The standard InChI is InChI=1S/C12H9NO6/c14-10-8(6-19-12(16)11(10)15)5-7-1-3-9(4-2-7)13(17)18/h1-4,6,14-15H,5H2. The van der Waals surface area contributed by atoms with Gasteiger partial charge in [-0.2, -0.15) is 0 Å². The quantitative estimate of drug-likeness (QED) is 0.641. The van der Waals surface area contributed by atoms with Gasteiger partial charge in [-0.15, -0.1) is 0 Å². The zero-order valence-corrected chi connectivity index (χ0v) is 9.57. The minimum absolute atomic E-state index is 0.0459. The highest BCUT2D eigenvalue weighted by Crippen LogP contribution is 2.27. The van der Waals surface area contributed by atoms with Gasteiger partial charge in [0.05, 0.1) is 4.92 Å². The van der Waals surface area contributed by atoms with Crippen molar-refractivity contribution < 1.29 is 19.6 Å². The molecular weight excluding hydrogens is 254 g/mol. The van der Waals surface area contributed by atoms with E-state index in [0.29, 0.717) is 5.56 Å². The van der Waals surface area contributed by atoms with Crippen LogP contribution in [-0.2, 0) is 6.42 Å². The van der Waals surface area contributed by atoms with E-state index in [2.05, 4.69) is 4.42 Å². The molecule has 19 heavy (non-hydrogen) atoms. The van der Waals surface area contributed by atoms with E-state index in [4.69, 9.17) is 0 Å². The Labute approximate surface area is 106 Å². The smallest absolute Gasteiger partial charge is 0.382 e. The van der Waals surface area contributed by atoms with Crippen LogP contribution in [-0.4, -0.2) is 15.1 Å². The van der Waals surface area contributed by atoms with Crippen LogP contribution in [0.4, 0.5) is 5.69 Å². The Morgan fingerprint density at radius 3 is 2.37 bits per heavy atom. The Hall–Kier alpha value is -2.83. The monoisotopic (exact) mass is 263 g/mol. The summed E-state index contributed by atoms with van der Waals surface area (Å²) in [6.07, 6.45) is 1.21. The fourth-order valence-electron chi connectivity index (χ4n) is 1.57. The van der Waals surface area contributed by atoms with E-state index < -0.39 is 22.0 Å². The zero-order valence-electron chi connectivity index (χ0n) is 9.57. The van der Waals surface area contributed by atoms with Gasteiger partial charge in [-0.05, 0) is 5.56 Å². The van der Waals surface area contributed by atoms with Crippen molar-refractivity contribution in [3.05, 3.63) is 62.2 Å². The van der Waals surface area contributed by atoms with E-state index in [9.17, 15) is 25.1 Å². The molecule has 1 aromatic heterocycles. The Morgan fingerprint density at radius 1 is 1.16 bits per heavy atom. The molecular formula is C12H9NO6. The summed E-state index contributed by atoms with van der Waals surface area (Å²) in [6.45, 7) is 0. The highest BCUT2D eigenvalue weighted by atomic mass is 16.6. The fourth-order valence-corrected chi connectivity index (χ4v) is 1.57. The van der Waals surface area contributed by atoms with Crippen LogP contribution in [0.3, 0.4) is 0 Å². The van der Waals surface area contributed by atoms with E-state index in [1.54, 1.807) is 0 Å². The molecule has 7 nitrogen and oxygen atoms in total. The average Bonchev–Trinajstić information content (AvgIpc) is 2.40. The van der Waals surface area contributed by atoms with Gasteiger partial charge in [-0.25, -0.2) is 4.79 Å². The predicted molar refractivity (Wildman–Crippen MR) is 64.2 cm³/mol. The van der Waals surface area contributed by atoms with Crippen LogP contribution in [0.25, 0.3) is 0 Å². The summed E-state index contributed by atoms with van der Waals surface area (Å²) in [5.41, 5.74) is -0.194. The first-order chi connectivity index (χ1) is 8.99. The second kappa shape index (κ2) is 4.81. The molecule has 0 amide bonds. The molecule has 7 heteroatoms.